The Balaban J connectivity index is 1.22. The number of fused-ring (bicyclic) bond motifs is 2. The molecule has 1 fully saturated rings. The lowest BCUT2D eigenvalue weighted by Crippen LogP contribution is -2.32. The van der Waals surface area contributed by atoms with Gasteiger partial charge in [0.05, 0.1) is 12.7 Å². The van der Waals surface area contributed by atoms with E-state index in [1.165, 1.54) is 30.5 Å². The first kappa shape index (κ1) is 31.6. The molecule has 2 heterocycles. The van der Waals surface area contributed by atoms with E-state index in [0.29, 0.717) is 37.0 Å². The molecule has 5 atom stereocenters. The van der Waals surface area contributed by atoms with Crippen LogP contribution in [0.3, 0.4) is 0 Å². The summed E-state index contributed by atoms with van der Waals surface area (Å²) in [4.78, 5) is 3.52. The summed E-state index contributed by atoms with van der Waals surface area (Å²) >= 11 is 0. The number of unbranched alkanes of at least 4 members (excludes halogenated alkanes) is 1. The van der Waals surface area contributed by atoms with Crippen molar-refractivity contribution in [2.24, 2.45) is 11.8 Å². The van der Waals surface area contributed by atoms with Crippen LogP contribution in [0.15, 0.2) is 34.7 Å². The van der Waals surface area contributed by atoms with Gasteiger partial charge in [-0.3, -0.25) is 0 Å². The van der Waals surface area contributed by atoms with Gasteiger partial charge >= 0.3 is 0 Å². The smallest absolute Gasteiger partial charge is 0.161 e. The molecule has 0 spiro atoms. The first-order valence-corrected chi connectivity index (χ1v) is 16.3. The highest BCUT2D eigenvalue weighted by Crippen LogP contribution is 2.47. The van der Waals surface area contributed by atoms with Crippen LogP contribution < -0.4 is 10.1 Å². The number of nitrogens with one attached hydrogen (secondary N) is 2. The molecule has 1 saturated carbocycles. The Morgan fingerprint density at radius 3 is 2.74 bits per heavy atom. The summed E-state index contributed by atoms with van der Waals surface area (Å²) in [7, 11) is 0. The van der Waals surface area contributed by atoms with Crippen LogP contribution in [0.2, 0.25) is 0 Å². The number of aromatic amines is 1. The van der Waals surface area contributed by atoms with Crippen LogP contribution in [0, 0.1) is 11.8 Å². The summed E-state index contributed by atoms with van der Waals surface area (Å²) in [5, 5.41) is 44.5. The van der Waals surface area contributed by atoms with Crippen molar-refractivity contribution in [2.45, 2.75) is 103 Å². The number of phenols is 1. The Labute approximate surface area is 255 Å². The van der Waals surface area contributed by atoms with Crippen LogP contribution in [-0.2, 0) is 32.3 Å². The number of aromatic hydroxyl groups is 1. The van der Waals surface area contributed by atoms with Crippen molar-refractivity contribution >= 4 is 0 Å². The molecule has 2 aromatic heterocycles. The number of phenolic OH excluding ortho intramolecular Hbond substituents is 1. The third-order valence-electron chi connectivity index (χ3n) is 9.47. The number of aromatic nitrogens is 1. The predicted molar refractivity (Wildman–Crippen MR) is 166 cm³/mol. The van der Waals surface area contributed by atoms with Gasteiger partial charge in [-0.15, -0.1) is 0 Å². The minimum atomic E-state index is -0.859. The molecule has 0 bridgehead atoms. The molecule has 3 aromatic rings. The molecule has 43 heavy (non-hydrogen) atoms. The second-order valence-corrected chi connectivity index (χ2v) is 12.7. The average molecular weight is 595 g/mol. The van der Waals surface area contributed by atoms with E-state index in [2.05, 4.69) is 23.3 Å². The molecule has 2 aliphatic rings. The van der Waals surface area contributed by atoms with Crippen molar-refractivity contribution in [3.8, 4) is 11.5 Å². The minimum absolute atomic E-state index is 0.0201. The van der Waals surface area contributed by atoms with Gasteiger partial charge in [0.1, 0.15) is 24.2 Å². The number of benzene rings is 1. The number of furan rings is 1. The van der Waals surface area contributed by atoms with Gasteiger partial charge in [-0.1, -0.05) is 32.3 Å². The lowest BCUT2D eigenvalue weighted by Gasteiger charge is -2.27. The summed E-state index contributed by atoms with van der Waals surface area (Å²) in [5.41, 5.74) is 5.08. The monoisotopic (exact) mass is 594 g/mol. The second-order valence-electron chi connectivity index (χ2n) is 12.7. The molecule has 8 heteroatoms. The lowest BCUT2D eigenvalue weighted by molar-refractivity contribution is 0.103. The largest absolute Gasteiger partial charge is 0.504 e. The van der Waals surface area contributed by atoms with E-state index in [9.17, 15) is 20.4 Å². The normalized spacial score (nSPS) is 21.3. The van der Waals surface area contributed by atoms with Crippen molar-refractivity contribution in [1.29, 1.82) is 0 Å². The maximum atomic E-state index is 11.1. The van der Waals surface area contributed by atoms with Crippen LogP contribution in [0.1, 0.15) is 104 Å². The van der Waals surface area contributed by atoms with Gasteiger partial charge in [0, 0.05) is 48.8 Å². The van der Waals surface area contributed by atoms with Crippen LogP contribution in [0.25, 0.3) is 0 Å². The van der Waals surface area contributed by atoms with Gasteiger partial charge in [-0.25, -0.2) is 0 Å². The van der Waals surface area contributed by atoms with Crippen LogP contribution in [0.5, 0.6) is 11.5 Å². The fraction of sp³-hybridized carbons (Fsp3) is 0.600. The van der Waals surface area contributed by atoms with Gasteiger partial charge in [0.2, 0.25) is 0 Å². The van der Waals surface area contributed by atoms with E-state index in [0.717, 1.165) is 72.9 Å². The Morgan fingerprint density at radius 2 is 1.95 bits per heavy atom. The third-order valence-corrected chi connectivity index (χ3v) is 9.47. The highest BCUT2D eigenvalue weighted by Gasteiger charge is 2.38. The fourth-order valence-electron chi connectivity index (χ4n) is 7.17. The van der Waals surface area contributed by atoms with Gasteiger partial charge in [0.25, 0.3) is 0 Å². The number of aliphatic hydroxyl groups excluding tert-OH is 3. The zero-order valence-electron chi connectivity index (χ0n) is 25.8. The molecule has 0 saturated heterocycles. The maximum absolute atomic E-state index is 11.1. The minimum Gasteiger partial charge on any atom is -0.504 e. The van der Waals surface area contributed by atoms with E-state index in [1.807, 2.05) is 18.2 Å². The topological polar surface area (TPSA) is 131 Å². The Morgan fingerprint density at radius 1 is 1.09 bits per heavy atom. The van der Waals surface area contributed by atoms with E-state index < -0.39 is 6.10 Å². The molecule has 1 aromatic carbocycles. The summed E-state index contributed by atoms with van der Waals surface area (Å²) in [6.07, 6.45) is 9.00. The van der Waals surface area contributed by atoms with E-state index >= 15 is 0 Å². The Hall–Kier alpha value is -2.78. The zero-order valence-corrected chi connectivity index (χ0v) is 25.8. The highest BCUT2D eigenvalue weighted by molar-refractivity contribution is 5.42. The Kier molecular flexibility index (Phi) is 10.9. The molecule has 5 rings (SSSR count). The number of H-pyrrole nitrogens is 1. The predicted octanol–water partition coefficient (Wildman–Crippen LogP) is 5.46. The van der Waals surface area contributed by atoms with Crippen molar-refractivity contribution in [2.75, 3.05) is 19.7 Å². The molecule has 236 valence electrons. The van der Waals surface area contributed by atoms with E-state index in [1.54, 1.807) is 13.0 Å². The standard InChI is InChI=1S/C35H50N2O6/c1-3-4-8-34-25(20-38)16-26(43-34)12-9-23-10-14-32(40)35(15-23)42-21-33(41)31-17-28-29(19-36-18-22(2)39)27-7-5-6-24(27)11-13-30(28)37-31/h10,14-17,22,24,27,29,33,36-41H,3-9,11-13,18-21H2,1-2H3/t22-,24+,27-,29-,33-/m0/s1. The molecule has 2 aliphatic carbocycles. The molecular formula is C35H50N2O6. The fourth-order valence-corrected chi connectivity index (χ4v) is 7.17. The van der Waals surface area contributed by atoms with Gasteiger partial charge < -0.3 is 39.9 Å². The van der Waals surface area contributed by atoms with E-state index in [4.69, 9.17) is 9.15 Å². The number of aryl methyl sites for hydroxylation is 4. The summed E-state index contributed by atoms with van der Waals surface area (Å²) in [6, 6.07) is 9.39. The molecule has 0 aliphatic heterocycles. The molecule has 8 nitrogen and oxygen atoms in total. The summed E-state index contributed by atoms with van der Waals surface area (Å²) in [6.45, 7) is 5.34. The van der Waals surface area contributed by atoms with Gasteiger partial charge in [-0.2, -0.15) is 0 Å². The molecule has 6 N–H and O–H groups in total. The zero-order chi connectivity index (χ0) is 30.3. The number of hydrogen-bond acceptors (Lipinski definition) is 7. The van der Waals surface area contributed by atoms with Gasteiger partial charge in [-0.05, 0) is 86.3 Å². The highest BCUT2D eigenvalue weighted by atomic mass is 16.5. The SMILES string of the molecule is CCCCc1oc(CCc2ccc(O)c(OC[C@H](O)c3cc4c([nH]3)CC[C@H]3CCC[C@@H]3[C@@H]4CNC[C@H](C)O)c2)cc1CO. The first-order chi connectivity index (χ1) is 20.9. The first-order valence-electron chi connectivity index (χ1n) is 16.3. The van der Waals surface area contributed by atoms with E-state index in [-0.39, 0.29) is 25.1 Å². The molecular weight excluding hydrogens is 544 g/mol. The number of ether oxygens (including phenoxy) is 1. The third kappa shape index (κ3) is 7.85. The van der Waals surface area contributed by atoms with Crippen LogP contribution in [-0.4, -0.2) is 51.2 Å². The van der Waals surface area contributed by atoms with Crippen molar-refractivity contribution < 1.29 is 29.6 Å². The van der Waals surface area contributed by atoms with Crippen LogP contribution >= 0.6 is 0 Å². The molecule has 0 radical (unpaired) electrons. The summed E-state index contributed by atoms with van der Waals surface area (Å²) in [5.74, 6) is 3.81. The molecule has 0 amide bonds. The lowest BCUT2D eigenvalue weighted by atomic mass is 9.80. The number of hydrogen-bond donors (Lipinski definition) is 6. The van der Waals surface area contributed by atoms with Crippen molar-refractivity contribution in [1.82, 2.24) is 10.3 Å². The molecule has 0 unspecified atom stereocenters. The van der Waals surface area contributed by atoms with Crippen LogP contribution in [0.4, 0.5) is 0 Å². The van der Waals surface area contributed by atoms with Crippen molar-refractivity contribution in [3.63, 3.8) is 0 Å². The number of aliphatic hydroxyl groups is 3. The van der Waals surface area contributed by atoms with Crippen molar-refractivity contribution in [3.05, 3.63) is 69.9 Å². The second kappa shape index (κ2) is 14.8. The number of rotatable bonds is 15. The quantitative estimate of drug-likeness (QED) is 0.138. The Bertz CT molecular complexity index is 1310. The average Bonchev–Trinajstić information content (AvgIpc) is 3.72. The maximum Gasteiger partial charge on any atom is 0.161 e. The van der Waals surface area contributed by atoms with Gasteiger partial charge in [0.15, 0.2) is 11.5 Å². The summed E-state index contributed by atoms with van der Waals surface area (Å²) < 4.78 is 12.0.